The van der Waals surface area contributed by atoms with Crippen molar-refractivity contribution < 1.29 is 0 Å². The van der Waals surface area contributed by atoms with Gasteiger partial charge in [0.25, 0.3) is 0 Å². The Morgan fingerprint density at radius 2 is 0.788 bits per heavy atom. The van der Waals surface area contributed by atoms with E-state index in [0.717, 1.165) is 12.8 Å². The minimum absolute atomic E-state index is 0.288. The molecule has 0 N–H and O–H groups in total. The van der Waals surface area contributed by atoms with Gasteiger partial charge in [0.2, 0.25) is 0 Å². The Balaban J connectivity index is 1.11. The molecule has 8 aromatic rings. The van der Waals surface area contributed by atoms with Crippen LogP contribution in [0, 0.1) is 0 Å². The lowest BCUT2D eigenvalue weighted by Gasteiger charge is -2.31. The SMILES string of the molecule is c1ccc(-c2ccc(C(Cc3ccc4c(c3)C3(c5ccccc5-c5ccccc53)c3ccccc3-4)Cc3ccccc3-c3ccccc3)cc2)cc1. The van der Waals surface area contributed by atoms with Crippen LogP contribution in [0.25, 0.3) is 44.5 Å². The van der Waals surface area contributed by atoms with E-state index in [2.05, 4.69) is 200 Å². The van der Waals surface area contributed by atoms with E-state index in [1.807, 2.05) is 0 Å². The third-order valence-corrected chi connectivity index (χ3v) is 11.6. The molecule has 52 heavy (non-hydrogen) atoms. The topological polar surface area (TPSA) is 0 Å². The fourth-order valence-electron chi connectivity index (χ4n) is 9.30. The van der Waals surface area contributed by atoms with Crippen LogP contribution in [0.1, 0.15) is 44.9 Å². The second-order valence-corrected chi connectivity index (χ2v) is 14.4. The highest BCUT2D eigenvalue weighted by molar-refractivity contribution is 5.95. The smallest absolute Gasteiger partial charge is 0.0622 e. The first-order chi connectivity index (χ1) is 25.8. The molecule has 1 unspecified atom stereocenters. The summed E-state index contributed by atoms with van der Waals surface area (Å²) in [5, 5.41) is 0. The number of hydrogen-bond donors (Lipinski definition) is 0. The lowest BCUT2D eigenvalue weighted by atomic mass is 9.70. The van der Waals surface area contributed by atoms with Crippen LogP contribution in [-0.4, -0.2) is 0 Å². The normalized spacial score (nSPS) is 13.6. The molecule has 2 aliphatic carbocycles. The van der Waals surface area contributed by atoms with Gasteiger partial charge in [0.1, 0.15) is 0 Å². The van der Waals surface area contributed by atoms with Gasteiger partial charge >= 0.3 is 0 Å². The van der Waals surface area contributed by atoms with E-state index in [0.29, 0.717) is 0 Å². The van der Waals surface area contributed by atoms with Gasteiger partial charge in [-0.25, -0.2) is 0 Å². The van der Waals surface area contributed by atoms with Gasteiger partial charge in [-0.05, 0) is 102 Å². The Morgan fingerprint density at radius 1 is 0.327 bits per heavy atom. The van der Waals surface area contributed by atoms with Crippen LogP contribution in [0.4, 0.5) is 0 Å². The minimum atomic E-state index is -0.331. The predicted molar refractivity (Wildman–Crippen MR) is 217 cm³/mol. The standard InChI is InChI=1S/C52H38/c1-3-15-37(16-4-1)38-28-30-39(31-29-38)42(35-41-19-7-8-20-43(41)40-17-5-2-6-18-40)33-36-27-32-47-46-23-11-14-26-50(46)52(51(47)34-36)48-24-12-9-21-44(48)45-22-10-13-25-49(45)52/h1-32,34,42H,33,35H2. The lowest BCUT2D eigenvalue weighted by molar-refractivity contribution is 0.679. The van der Waals surface area contributed by atoms with Crippen LogP contribution < -0.4 is 0 Å². The number of hydrogen-bond acceptors (Lipinski definition) is 0. The highest BCUT2D eigenvalue weighted by atomic mass is 14.5. The molecule has 0 radical (unpaired) electrons. The van der Waals surface area contributed by atoms with Crippen LogP contribution >= 0.6 is 0 Å². The second-order valence-electron chi connectivity index (χ2n) is 14.4. The van der Waals surface area contributed by atoms with Crippen LogP contribution in [-0.2, 0) is 18.3 Å². The molecular formula is C52H38. The van der Waals surface area contributed by atoms with Gasteiger partial charge in [-0.1, -0.05) is 200 Å². The highest BCUT2D eigenvalue weighted by Gasteiger charge is 2.51. The lowest BCUT2D eigenvalue weighted by Crippen LogP contribution is -2.26. The van der Waals surface area contributed by atoms with Crippen molar-refractivity contribution >= 4 is 0 Å². The molecule has 0 saturated carbocycles. The fraction of sp³-hybridized carbons (Fsp3) is 0.0769. The number of fused-ring (bicyclic) bond motifs is 10. The Kier molecular flexibility index (Phi) is 7.36. The quantitative estimate of drug-likeness (QED) is 0.159. The van der Waals surface area contributed by atoms with Crippen molar-refractivity contribution in [3.8, 4) is 44.5 Å². The van der Waals surface area contributed by atoms with Gasteiger partial charge in [-0.2, -0.15) is 0 Å². The summed E-state index contributed by atoms with van der Waals surface area (Å²) in [6.45, 7) is 0. The summed E-state index contributed by atoms with van der Waals surface area (Å²) in [5.41, 5.74) is 19.9. The molecule has 1 spiro atoms. The molecule has 0 nitrogen and oxygen atoms in total. The van der Waals surface area contributed by atoms with Crippen LogP contribution in [0.2, 0.25) is 0 Å². The Hall–Kier alpha value is -6.24. The van der Waals surface area contributed by atoms with E-state index in [9.17, 15) is 0 Å². The average Bonchev–Trinajstić information content (AvgIpc) is 3.69. The molecule has 0 heterocycles. The maximum Gasteiger partial charge on any atom is 0.0725 e. The van der Waals surface area contributed by atoms with Crippen molar-refractivity contribution in [2.45, 2.75) is 24.2 Å². The number of rotatable bonds is 7. The molecule has 0 aromatic heterocycles. The maximum atomic E-state index is 2.56. The van der Waals surface area contributed by atoms with Crippen LogP contribution in [0.3, 0.4) is 0 Å². The minimum Gasteiger partial charge on any atom is -0.0622 e. The molecule has 0 aliphatic heterocycles. The summed E-state index contributed by atoms with van der Waals surface area (Å²) in [6.07, 6.45) is 1.89. The van der Waals surface area contributed by atoms with Crippen molar-refractivity contribution in [3.63, 3.8) is 0 Å². The molecule has 0 fully saturated rings. The fourth-order valence-corrected chi connectivity index (χ4v) is 9.30. The summed E-state index contributed by atoms with van der Waals surface area (Å²) < 4.78 is 0. The largest absolute Gasteiger partial charge is 0.0725 e. The highest BCUT2D eigenvalue weighted by Crippen LogP contribution is 2.62. The van der Waals surface area contributed by atoms with E-state index in [-0.39, 0.29) is 11.3 Å². The Bertz CT molecular complexity index is 2490. The first-order valence-corrected chi connectivity index (χ1v) is 18.5. The molecule has 1 atom stereocenters. The van der Waals surface area contributed by atoms with Crippen molar-refractivity contribution in [1.29, 1.82) is 0 Å². The van der Waals surface area contributed by atoms with Crippen molar-refractivity contribution in [1.82, 2.24) is 0 Å². The van der Waals surface area contributed by atoms with Gasteiger partial charge in [-0.15, -0.1) is 0 Å². The molecule has 0 bridgehead atoms. The molecular weight excluding hydrogens is 625 g/mol. The van der Waals surface area contributed by atoms with E-state index in [1.54, 1.807) is 0 Å². The van der Waals surface area contributed by atoms with E-state index in [1.165, 1.54) is 83.5 Å². The monoisotopic (exact) mass is 662 g/mol. The second kappa shape index (κ2) is 12.5. The first-order valence-electron chi connectivity index (χ1n) is 18.5. The molecule has 0 amide bonds. The molecule has 10 rings (SSSR count). The van der Waals surface area contributed by atoms with Crippen molar-refractivity contribution in [3.05, 3.63) is 239 Å². The summed E-state index contributed by atoms with van der Waals surface area (Å²) in [6, 6.07) is 74.5. The van der Waals surface area contributed by atoms with Crippen LogP contribution in [0.5, 0.6) is 0 Å². The van der Waals surface area contributed by atoms with E-state index in [4.69, 9.17) is 0 Å². The maximum absolute atomic E-state index is 2.56. The van der Waals surface area contributed by atoms with Gasteiger partial charge in [0.15, 0.2) is 0 Å². The zero-order chi connectivity index (χ0) is 34.5. The molecule has 2 aliphatic rings. The van der Waals surface area contributed by atoms with E-state index < -0.39 is 0 Å². The summed E-state index contributed by atoms with van der Waals surface area (Å²) in [7, 11) is 0. The predicted octanol–water partition coefficient (Wildman–Crippen LogP) is 12.9. The third kappa shape index (κ3) is 4.83. The van der Waals surface area contributed by atoms with Gasteiger partial charge in [-0.3, -0.25) is 0 Å². The van der Waals surface area contributed by atoms with Crippen LogP contribution in [0.15, 0.2) is 200 Å². The van der Waals surface area contributed by atoms with Gasteiger partial charge in [0, 0.05) is 0 Å². The Labute approximate surface area is 306 Å². The molecule has 8 aromatic carbocycles. The average molecular weight is 663 g/mol. The zero-order valence-corrected chi connectivity index (χ0v) is 29.0. The summed E-state index contributed by atoms with van der Waals surface area (Å²) in [4.78, 5) is 0. The Morgan fingerprint density at radius 3 is 1.38 bits per heavy atom. The molecule has 0 heteroatoms. The van der Waals surface area contributed by atoms with Gasteiger partial charge < -0.3 is 0 Å². The summed E-state index contributed by atoms with van der Waals surface area (Å²) >= 11 is 0. The summed E-state index contributed by atoms with van der Waals surface area (Å²) in [5.74, 6) is 0.288. The number of benzene rings is 8. The zero-order valence-electron chi connectivity index (χ0n) is 29.0. The van der Waals surface area contributed by atoms with Crippen molar-refractivity contribution in [2.24, 2.45) is 0 Å². The van der Waals surface area contributed by atoms with Crippen molar-refractivity contribution in [2.75, 3.05) is 0 Å². The molecule has 246 valence electrons. The first kappa shape index (κ1) is 30.6. The third-order valence-electron chi connectivity index (χ3n) is 11.6. The van der Waals surface area contributed by atoms with Gasteiger partial charge in [0.05, 0.1) is 5.41 Å². The molecule has 0 saturated heterocycles. The van der Waals surface area contributed by atoms with E-state index >= 15 is 0 Å².